The molecule has 5 rings (SSSR count). The lowest BCUT2D eigenvalue weighted by molar-refractivity contribution is 0.0240. The summed E-state index contributed by atoms with van der Waals surface area (Å²) >= 11 is 3.49. The Hall–Kier alpha value is -3.21. The van der Waals surface area contributed by atoms with E-state index in [1.807, 2.05) is 44.5 Å². The molecule has 0 aromatic carbocycles. The lowest BCUT2D eigenvalue weighted by Crippen LogP contribution is -2.50. The van der Waals surface area contributed by atoms with Gasteiger partial charge in [-0.3, -0.25) is 19.3 Å². The Kier molecular flexibility index (Phi) is 7.06. The SMILES string of the molecule is Cc1c(Br)c(=O)n(C2CCCC2)c2nc(-n3cc(N4CCN(C(=O)OC(C)(C)C)CC4)ccc3=N)ncc12. The zero-order valence-corrected chi connectivity index (χ0v) is 23.9. The number of aryl methyl sites for hydroxylation is 1. The first kappa shape index (κ1) is 26.4. The standard InChI is InChI=1S/C27H34BrN7O3/c1-17-20-15-30-25(31-23(20)35(24(36)22(17)28)18-7-5-6-8-18)34-16-19(9-10-21(34)29)32-11-13-33(14-12-32)26(37)38-27(2,3)4/h9-10,15-16,18,29H,5-8,11-14H2,1-4H3. The molecule has 3 aromatic heterocycles. The Balaban J connectivity index is 1.47. The predicted molar refractivity (Wildman–Crippen MR) is 149 cm³/mol. The number of hydrogen-bond acceptors (Lipinski definition) is 7. The first-order valence-electron chi connectivity index (χ1n) is 13.1. The number of carbonyl (C=O) groups is 1. The van der Waals surface area contributed by atoms with Crippen LogP contribution in [0.25, 0.3) is 17.0 Å². The summed E-state index contributed by atoms with van der Waals surface area (Å²) in [7, 11) is 0. The third kappa shape index (κ3) is 5.08. The number of pyridine rings is 2. The number of amides is 1. The topological polar surface area (TPSA) is 109 Å². The molecule has 38 heavy (non-hydrogen) atoms. The van der Waals surface area contributed by atoms with Gasteiger partial charge < -0.3 is 14.5 Å². The van der Waals surface area contributed by atoms with Crippen LogP contribution in [0.1, 0.15) is 58.1 Å². The molecule has 1 aliphatic heterocycles. The van der Waals surface area contributed by atoms with Crippen LogP contribution in [-0.4, -0.2) is 61.9 Å². The minimum atomic E-state index is -0.527. The van der Waals surface area contributed by atoms with Gasteiger partial charge in [-0.1, -0.05) is 12.8 Å². The van der Waals surface area contributed by atoms with E-state index in [1.54, 1.807) is 21.7 Å². The van der Waals surface area contributed by atoms with Crippen molar-refractivity contribution < 1.29 is 9.53 Å². The zero-order chi connectivity index (χ0) is 27.2. The van der Waals surface area contributed by atoms with E-state index < -0.39 is 5.60 Å². The Bertz CT molecular complexity index is 1490. The van der Waals surface area contributed by atoms with Crippen LogP contribution in [0, 0.1) is 12.3 Å². The van der Waals surface area contributed by atoms with Gasteiger partial charge in [0.15, 0.2) is 0 Å². The maximum absolute atomic E-state index is 13.3. The Morgan fingerprint density at radius 1 is 1.13 bits per heavy atom. The van der Waals surface area contributed by atoms with E-state index in [2.05, 4.69) is 25.8 Å². The molecule has 1 saturated heterocycles. The highest BCUT2D eigenvalue weighted by Gasteiger charge is 2.27. The lowest BCUT2D eigenvalue weighted by Gasteiger charge is -2.36. The molecule has 1 aliphatic carbocycles. The molecule has 0 atom stereocenters. The van der Waals surface area contributed by atoms with Crippen LogP contribution in [0.15, 0.2) is 33.8 Å². The van der Waals surface area contributed by atoms with Crippen molar-refractivity contribution >= 4 is 38.7 Å². The van der Waals surface area contributed by atoms with Crippen LogP contribution in [0.5, 0.6) is 0 Å². The summed E-state index contributed by atoms with van der Waals surface area (Å²) in [6.45, 7) is 9.88. The number of anilines is 1. The first-order valence-corrected chi connectivity index (χ1v) is 13.9. The van der Waals surface area contributed by atoms with Crippen LogP contribution in [0.2, 0.25) is 0 Å². The fraction of sp³-hybridized carbons (Fsp3) is 0.519. The number of rotatable bonds is 3. The van der Waals surface area contributed by atoms with E-state index in [0.717, 1.165) is 42.3 Å². The average molecular weight is 585 g/mol. The van der Waals surface area contributed by atoms with Crippen LogP contribution in [0.4, 0.5) is 10.5 Å². The van der Waals surface area contributed by atoms with Crippen LogP contribution in [-0.2, 0) is 4.74 Å². The van der Waals surface area contributed by atoms with E-state index in [9.17, 15) is 9.59 Å². The normalized spacial score (nSPS) is 16.9. The zero-order valence-electron chi connectivity index (χ0n) is 22.3. The quantitative estimate of drug-likeness (QED) is 0.492. The Morgan fingerprint density at radius 3 is 2.47 bits per heavy atom. The number of ether oxygens (including phenoxy) is 1. The number of nitrogens with zero attached hydrogens (tertiary/aromatic N) is 6. The summed E-state index contributed by atoms with van der Waals surface area (Å²) in [4.78, 5) is 39.1. The first-order chi connectivity index (χ1) is 18.0. The summed E-state index contributed by atoms with van der Waals surface area (Å²) in [5.41, 5.74) is 1.98. The summed E-state index contributed by atoms with van der Waals surface area (Å²) in [6, 6.07) is 3.73. The largest absolute Gasteiger partial charge is 0.444 e. The van der Waals surface area contributed by atoms with E-state index in [-0.39, 0.29) is 23.2 Å². The predicted octanol–water partition coefficient (Wildman–Crippen LogP) is 4.30. The van der Waals surface area contributed by atoms with E-state index in [4.69, 9.17) is 15.1 Å². The van der Waals surface area contributed by atoms with Crippen molar-refractivity contribution in [1.82, 2.24) is 24.0 Å². The Labute approximate surface area is 229 Å². The molecular weight excluding hydrogens is 550 g/mol. The number of piperazine rings is 1. The molecule has 1 saturated carbocycles. The van der Waals surface area contributed by atoms with Crippen molar-refractivity contribution in [3.05, 3.63) is 50.4 Å². The van der Waals surface area contributed by atoms with Crippen molar-refractivity contribution in [3.8, 4) is 5.95 Å². The second-order valence-electron chi connectivity index (χ2n) is 11.1. The van der Waals surface area contributed by atoms with Gasteiger partial charge in [-0.15, -0.1) is 0 Å². The highest BCUT2D eigenvalue weighted by atomic mass is 79.9. The molecule has 202 valence electrons. The number of nitrogens with one attached hydrogen (secondary N) is 1. The fourth-order valence-corrected chi connectivity index (χ4v) is 5.63. The van der Waals surface area contributed by atoms with Gasteiger partial charge in [-0.2, -0.15) is 4.98 Å². The monoisotopic (exact) mass is 583 g/mol. The van der Waals surface area contributed by atoms with Crippen molar-refractivity contribution in [2.24, 2.45) is 0 Å². The van der Waals surface area contributed by atoms with Gasteiger partial charge >= 0.3 is 6.09 Å². The number of halogens is 1. The fourth-order valence-electron chi connectivity index (χ4n) is 5.23. The molecule has 0 bridgehead atoms. The maximum atomic E-state index is 13.3. The van der Waals surface area contributed by atoms with Crippen molar-refractivity contribution in [2.45, 2.75) is 65.0 Å². The van der Waals surface area contributed by atoms with Crippen LogP contribution in [0.3, 0.4) is 0 Å². The third-order valence-corrected chi connectivity index (χ3v) is 8.19. The molecule has 0 radical (unpaired) electrons. The molecule has 1 N–H and O–H groups in total. The Morgan fingerprint density at radius 2 is 1.82 bits per heavy atom. The number of aromatic nitrogens is 4. The number of carbonyl (C=O) groups excluding carboxylic acids is 1. The van der Waals surface area contributed by atoms with Gasteiger partial charge in [-0.05, 0) is 74.2 Å². The van der Waals surface area contributed by atoms with Crippen LogP contribution < -0.4 is 15.9 Å². The molecule has 1 amide bonds. The van der Waals surface area contributed by atoms with Gasteiger partial charge in [0.1, 0.15) is 16.7 Å². The van der Waals surface area contributed by atoms with Gasteiger partial charge in [0.2, 0.25) is 5.95 Å². The minimum Gasteiger partial charge on any atom is -0.444 e. The third-order valence-electron chi connectivity index (χ3n) is 7.26. The smallest absolute Gasteiger partial charge is 0.410 e. The van der Waals surface area contributed by atoms with Crippen molar-refractivity contribution in [1.29, 1.82) is 5.41 Å². The molecular formula is C27H34BrN7O3. The number of fused-ring (bicyclic) bond motifs is 1. The van der Waals surface area contributed by atoms with Crippen molar-refractivity contribution in [3.63, 3.8) is 0 Å². The molecule has 0 unspecified atom stereocenters. The number of hydrogen-bond donors (Lipinski definition) is 1. The van der Waals surface area contributed by atoms with Crippen molar-refractivity contribution in [2.75, 3.05) is 31.1 Å². The molecule has 10 nitrogen and oxygen atoms in total. The van der Waals surface area contributed by atoms with Gasteiger partial charge in [0.25, 0.3) is 5.56 Å². The molecule has 2 aliphatic rings. The minimum absolute atomic E-state index is 0.0701. The average Bonchev–Trinajstić information content (AvgIpc) is 3.41. The second kappa shape index (κ2) is 10.2. The van der Waals surface area contributed by atoms with Gasteiger partial charge in [0.05, 0.1) is 10.2 Å². The summed E-state index contributed by atoms with van der Waals surface area (Å²) in [5, 5.41) is 9.38. The molecule has 3 aromatic rings. The molecule has 0 spiro atoms. The summed E-state index contributed by atoms with van der Waals surface area (Å²) in [5.74, 6) is 0.351. The molecule has 2 fully saturated rings. The van der Waals surface area contributed by atoms with E-state index >= 15 is 0 Å². The second-order valence-corrected chi connectivity index (χ2v) is 11.8. The van der Waals surface area contributed by atoms with Gasteiger partial charge in [0, 0.05) is 50.0 Å². The van der Waals surface area contributed by atoms with E-state index in [0.29, 0.717) is 42.2 Å². The summed E-state index contributed by atoms with van der Waals surface area (Å²) in [6.07, 6.45) is 7.40. The molecule has 11 heteroatoms. The highest BCUT2D eigenvalue weighted by Crippen LogP contribution is 2.32. The van der Waals surface area contributed by atoms with E-state index in [1.165, 1.54) is 0 Å². The summed E-state index contributed by atoms with van der Waals surface area (Å²) < 4.78 is 9.53. The van der Waals surface area contributed by atoms with Gasteiger partial charge in [-0.25, -0.2) is 9.78 Å². The van der Waals surface area contributed by atoms with Crippen LogP contribution >= 0.6 is 15.9 Å². The molecule has 4 heterocycles. The lowest BCUT2D eigenvalue weighted by atomic mass is 10.1. The highest BCUT2D eigenvalue weighted by molar-refractivity contribution is 9.10. The maximum Gasteiger partial charge on any atom is 0.410 e.